The van der Waals surface area contributed by atoms with Gasteiger partial charge in [0, 0.05) is 104 Å². The van der Waals surface area contributed by atoms with E-state index >= 15 is 0 Å². The van der Waals surface area contributed by atoms with Crippen molar-refractivity contribution in [3.8, 4) is 22.8 Å². The van der Waals surface area contributed by atoms with E-state index in [-0.39, 0.29) is 11.8 Å². The number of anilines is 4. The highest BCUT2D eigenvalue weighted by molar-refractivity contribution is 9.10. The lowest BCUT2D eigenvalue weighted by Crippen LogP contribution is -2.21. The fourth-order valence-corrected chi connectivity index (χ4v) is 8.54. The molecule has 18 nitrogen and oxygen atoms in total. The van der Waals surface area contributed by atoms with Crippen molar-refractivity contribution in [1.82, 2.24) is 58.8 Å². The number of nitrogens with one attached hydrogen (secondary N) is 4. The summed E-state index contributed by atoms with van der Waals surface area (Å²) in [6, 6.07) is 22.8. The van der Waals surface area contributed by atoms with Crippen LogP contribution in [0, 0.1) is 0 Å². The van der Waals surface area contributed by atoms with Crippen LogP contribution in [0.25, 0.3) is 44.6 Å². The maximum atomic E-state index is 12.5. The summed E-state index contributed by atoms with van der Waals surface area (Å²) in [6.07, 6.45) is 14.0. The van der Waals surface area contributed by atoms with E-state index in [0.29, 0.717) is 34.8 Å². The second-order valence-electron chi connectivity index (χ2n) is 15.9. The molecule has 352 valence electrons. The highest BCUT2D eigenvalue weighted by Gasteiger charge is 2.17. The normalized spacial score (nSPS) is 10.9. The molecule has 4 N–H and O–H groups in total. The Hall–Kier alpha value is -7.62. The monoisotopic (exact) mass is 1030 g/mol. The zero-order valence-electron chi connectivity index (χ0n) is 38.3. The van der Waals surface area contributed by atoms with Crippen LogP contribution < -0.4 is 10.6 Å². The van der Waals surface area contributed by atoms with Crippen LogP contribution in [0.1, 0.15) is 32.5 Å². The quantitative estimate of drug-likeness (QED) is 0.0571. The van der Waals surface area contributed by atoms with Gasteiger partial charge < -0.3 is 48.4 Å². The van der Waals surface area contributed by atoms with Gasteiger partial charge >= 0.3 is 0 Å². The van der Waals surface area contributed by atoms with Crippen LogP contribution in [0.5, 0.6) is 0 Å². The minimum Gasteiger partial charge on any atom is -0.468 e. The van der Waals surface area contributed by atoms with Crippen LogP contribution in [0.2, 0.25) is 0 Å². The third-order valence-corrected chi connectivity index (χ3v) is 12.1. The number of rotatable bonds is 12. The van der Waals surface area contributed by atoms with Gasteiger partial charge in [0.25, 0.3) is 11.8 Å². The maximum Gasteiger partial charge on any atom is 0.269 e. The number of carbonyl (C=O) groups excluding carboxylic acids is 2. The molecule has 10 rings (SSSR count). The average molecular weight is 1030 g/mol. The number of thiol groups is 1. The molecule has 0 saturated heterocycles. The van der Waals surface area contributed by atoms with Gasteiger partial charge in [-0.3, -0.25) is 9.59 Å². The number of thioether (sulfide) groups is 1. The van der Waals surface area contributed by atoms with Crippen molar-refractivity contribution in [3.05, 3.63) is 150 Å². The second kappa shape index (κ2) is 21.6. The maximum absolute atomic E-state index is 12.5. The molecule has 69 heavy (non-hydrogen) atoms. The Labute approximate surface area is 414 Å². The Bertz CT molecular complexity index is 3340. The summed E-state index contributed by atoms with van der Waals surface area (Å²) < 4.78 is 15.0. The number of amides is 2. The van der Waals surface area contributed by atoms with Crippen LogP contribution >= 0.6 is 40.3 Å². The number of carbonyl (C=O) groups is 2. The minimum atomic E-state index is -0.0842. The predicted molar refractivity (Wildman–Crippen MR) is 275 cm³/mol. The number of H-pyrrole nitrogens is 2. The number of furan rings is 2. The molecule has 8 heterocycles. The largest absolute Gasteiger partial charge is 0.468 e. The standard InChI is InChI=1S/C24H23N7O2S.C19H18BrN7O.C5H6OS/c1-30(2)23(32)19-10-15-9-16(11-21(22(15)28-19)34-13-17-5-4-8-33-17)27-24-25-7-6-18(29-24)20-12-31(3)14-26-20;1-26(2)18(28)15-7-11-6-12(8-13(20)17(11)24-15)23-19-21-5-4-14(25-19)16-9-27(3)10-22-16;7-4-5-2-1-3-6-5/h4-12,14,28H,13H2,1-3H3,(H,25,27,29);4-10,24H,1-3H3,(H,21,23,25);1-3,7H,4H2. The summed E-state index contributed by atoms with van der Waals surface area (Å²) in [7, 11) is 10.7. The van der Waals surface area contributed by atoms with Crippen molar-refractivity contribution in [3.63, 3.8) is 0 Å². The molecule has 0 fully saturated rings. The number of fused-ring (bicyclic) bond motifs is 2. The summed E-state index contributed by atoms with van der Waals surface area (Å²) in [6.45, 7) is 0. The summed E-state index contributed by atoms with van der Waals surface area (Å²) in [5.41, 5.74) is 7.46. The summed E-state index contributed by atoms with van der Waals surface area (Å²) in [5.74, 6) is 3.91. The smallest absolute Gasteiger partial charge is 0.269 e. The topological polar surface area (TPSA) is 210 Å². The molecule has 0 aliphatic carbocycles. The number of hydrogen-bond donors (Lipinski definition) is 5. The first-order valence-electron chi connectivity index (χ1n) is 21.2. The first-order valence-corrected chi connectivity index (χ1v) is 23.6. The third-order valence-electron chi connectivity index (χ3n) is 10.1. The Morgan fingerprint density at radius 1 is 0.681 bits per heavy atom. The van der Waals surface area contributed by atoms with Crippen LogP contribution in [0.4, 0.5) is 23.3 Å². The lowest BCUT2D eigenvalue weighted by atomic mass is 10.2. The summed E-state index contributed by atoms with van der Waals surface area (Å²) in [4.78, 5) is 61.8. The molecule has 2 amide bonds. The zero-order chi connectivity index (χ0) is 48.6. The Morgan fingerprint density at radius 2 is 1.19 bits per heavy atom. The number of imidazole rings is 2. The molecule has 0 bridgehead atoms. The van der Waals surface area contributed by atoms with Crippen molar-refractivity contribution in [1.29, 1.82) is 0 Å². The van der Waals surface area contributed by atoms with Gasteiger partial charge in [-0.15, -0.1) is 11.8 Å². The van der Waals surface area contributed by atoms with E-state index in [0.717, 1.165) is 76.8 Å². The van der Waals surface area contributed by atoms with E-state index in [2.05, 4.69) is 79.1 Å². The lowest BCUT2D eigenvalue weighted by molar-refractivity contribution is 0.0816. The van der Waals surface area contributed by atoms with Crippen molar-refractivity contribution in [2.45, 2.75) is 16.4 Å². The first-order chi connectivity index (χ1) is 33.3. The number of halogens is 1. The van der Waals surface area contributed by atoms with Gasteiger partial charge in [0.05, 0.1) is 53.4 Å². The molecule has 2 aromatic carbocycles. The summed E-state index contributed by atoms with van der Waals surface area (Å²) >= 11 is 9.17. The van der Waals surface area contributed by atoms with E-state index in [4.69, 9.17) is 8.83 Å². The lowest BCUT2D eigenvalue weighted by Gasteiger charge is -2.09. The highest BCUT2D eigenvalue weighted by Crippen LogP contribution is 2.35. The van der Waals surface area contributed by atoms with Gasteiger partial charge in [-0.1, -0.05) is 0 Å². The number of aryl methyl sites for hydroxylation is 2. The molecule has 0 spiro atoms. The van der Waals surface area contributed by atoms with Crippen LogP contribution in [-0.2, 0) is 25.6 Å². The molecular weight excluding hydrogens is 981 g/mol. The van der Waals surface area contributed by atoms with E-state index in [1.54, 1.807) is 82.4 Å². The number of aromatic nitrogens is 10. The summed E-state index contributed by atoms with van der Waals surface area (Å²) in [5, 5.41) is 8.34. The van der Waals surface area contributed by atoms with Crippen LogP contribution in [0.3, 0.4) is 0 Å². The number of hydrogen-bond acceptors (Lipinski definition) is 14. The van der Waals surface area contributed by atoms with Gasteiger partial charge in [0.1, 0.15) is 34.3 Å². The molecule has 21 heteroatoms. The Balaban J connectivity index is 0.000000165. The van der Waals surface area contributed by atoms with E-state index in [1.165, 1.54) is 4.90 Å². The van der Waals surface area contributed by atoms with Gasteiger partial charge in [-0.05, 0) is 88.7 Å². The molecular formula is C48H47BrN14O4S2. The third kappa shape index (κ3) is 11.9. The minimum absolute atomic E-state index is 0.0796. The van der Waals surface area contributed by atoms with Crippen LogP contribution in [0.15, 0.2) is 141 Å². The van der Waals surface area contributed by atoms with Gasteiger partial charge in [0.2, 0.25) is 11.9 Å². The van der Waals surface area contributed by atoms with Gasteiger partial charge in [0.15, 0.2) is 0 Å². The molecule has 0 aliphatic rings. The van der Waals surface area contributed by atoms with E-state index in [1.807, 2.05) is 108 Å². The first kappa shape index (κ1) is 47.9. The molecule has 0 aliphatic heterocycles. The second-order valence-corrected chi connectivity index (χ2v) is 18.0. The molecule has 0 radical (unpaired) electrons. The molecule has 0 saturated carbocycles. The fraction of sp³-hybridized carbons (Fsp3) is 0.167. The Morgan fingerprint density at radius 3 is 1.65 bits per heavy atom. The Kier molecular flexibility index (Phi) is 15.0. The number of aromatic amines is 2. The van der Waals surface area contributed by atoms with E-state index < -0.39 is 0 Å². The molecule has 10 aromatic rings. The van der Waals surface area contributed by atoms with Crippen molar-refractivity contribution < 1.29 is 18.4 Å². The van der Waals surface area contributed by atoms with Crippen molar-refractivity contribution in [2.75, 3.05) is 38.8 Å². The average Bonchev–Trinajstić information content (AvgIpc) is 4.20. The molecule has 0 unspecified atom stereocenters. The van der Waals surface area contributed by atoms with Gasteiger partial charge in [-0.25, -0.2) is 29.9 Å². The van der Waals surface area contributed by atoms with Crippen molar-refractivity contribution in [2.24, 2.45) is 14.1 Å². The van der Waals surface area contributed by atoms with Crippen LogP contribution in [-0.4, -0.2) is 98.8 Å². The SMILES string of the molecule is CN(C)C(=O)c1cc2cc(Nc3nccc(-c4cn(C)cn4)n3)cc(Br)c2[nH]1.CN(C)C(=O)c1cc2cc(Nc3nccc(-c4cn(C)cn4)n3)cc(SCc3ccco3)c2[nH]1.SCc1ccco1. The van der Waals surface area contributed by atoms with E-state index in [9.17, 15) is 9.59 Å². The zero-order valence-corrected chi connectivity index (χ0v) is 41.6. The predicted octanol–water partition coefficient (Wildman–Crippen LogP) is 9.96. The van der Waals surface area contributed by atoms with Crippen molar-refractivity contribution >= 4 is 97.2 Å². The molecule has 0 atom stereocenters. The number of benzene rings is 2. The highest BCUT2D eigenvalue weighted by atomic mass is 79.9. The molecule has 8 aromatic heterocycles. The number of nitrogens with zero attached hydrogens (tertiary/aromatic N) is 10. The van der Waals surface area contributed by atoms with Gasteiger partial charge in [-0.2, -0.15) is 12.6 Å². The fourth-order valence-electron chi connectivity index (χ4n) is 6.80.